The van der Waals surface area contributed by atoms with Gasteiger partial charge in [-0.1, -0.05) is 49.4 Å². The first-order valence-corrected chi connectivity index (χ1v) is 7.18. The van der Waals surface area contributed by atoms with Crippen molar-refractivity contribution in [2.24, 2.45) is 0 Å². The lowest BCUT2D eigenvalue weighted by Gasteiger charge is -2.17. The van der Waals surface area contributed by atoms with Crippen LogP contribution < -0.4 is 4.74 Å². The minimum atomic E-state index is -0.0292. The van der Waals surface area contributed by atoms with Crippen LogP contribution in [0, 0.1) is 0 Å². The van der Waals surface area contributed by atoms with Gasteiger partial charge in [-0.25, -0.2) is 0 Å². The number of nitrogens with zero attached hydrogens (tertiary/aromatic N) is 1. The van der Waals surface area contributed by atoms with E-state index < -0.39 is 0 Å². The molecule has 0 aliphatic heterocycles. The second kappa shape index (κ2) is 7.48. The molecule has 2 rings (SSSR count). The zero-order chi connectivity index (χ0) is 15.1. The first kappa shape index (κ1) is 15.1. The van der Waals surface area contributed by atoms with Crippen LogP contribution in [0.4, 0.5) is 0 Å². The largest absolute Gasteiger partial charge is 0.484 e. The van der Waals surface area contributed by atoms with Crippen molar-refractivity contribution in [2.45, 2.75) is 19.9 Å². The number of amides is 1. The van der Waals surface area contributed by atoms with E-state index >= 15 is 0 Å². The van der Waals surface area contributed by atoms with Crippen molar-refractivity contribution in [3.05, 3.63) is 65.7 Å². The third kappa shape index (κ3) is 4.63. The molecule has 0 heterocycles. The van der Waals surface area contributed by atoms with Crippen LogP contribution in [0.5, 0.6) is 5.75 Å². The molecule has 2 aromatic rings. The average molecular weight is 283 g/mol. The summed E-state index contributed by atoms with van der Waals surface area (Å²) in [4.78, 5) is 13.7. The molecule has 0 atom stereocenters. The molecule has 0 spiro atoms. The number of aryl methyl sites for hydroxylation is 1. The van der Waals surface area contributed by atoms with Crippen molar-refractivity contribution in [3.8, 4) is 5.75 Å². The van der Waals surface area contributed by atoms with E-state index in [1.165, 1.54) is 5.56 Å². The van der Waals surface area contributed by atoms with E-state index in [2.05, 4.69) is 31.2 Å². The minimum Gasteiger partial charge on any atom is -0.484 e. The van der Waals surface area contributed by atoms with Crippen LogP contribution in [-0.2, 0) is 17.8 Å². The Morgan fingerprint density at radius 1 is 1.00 bits per heavy atom. The second-order valence-corrected chi connectivity index (χ2v) is 5.02. The molecule has 1 amide bonds. The first-order chi connectivity index (χ1) is 10.2. The van der Waals surface area contributed by atoms with Gasteiger partial charge in [0.2, 0.25) is 0 Å². The summed E-state index contributed by atoms with van der Waals surface area (Å²) in [7, 11) is 1.80. The topological polar surface area (TPSA) is 29.5 Å². The number of hydrogen-bond acceptors (Lipinski definition) is 2. The standard InChI is InChI=1S/C18H21NO2/c1-3-15-9-11-16(12-10-15)13-19(2)18(20)14-21-17-7-5-4-6-8-17/h4-12H,3,13-14H2,1-2H3. The zero-order valence-electron chi connectivity index (χ0n) is 12.6. The highest BCUT2D eigenvalue weighted by atomic mass is 16.5. The quantitative estimate of drug-likeness (QED) is 0.814. The second-order valence-electron chi connectivity index (χ2n) is 5.02. The van der Waals surface area contributed by atoms with Crippen LogP contribution in [0.25, 0.3) is 0 Å². The fourth-order valence-corrected chi connectivity index (χ4v) is 2.01. The summed E-state index contributed by atoms with van der Waals surface area (Å²) in [6.45, 7) is 2.79. The van der Waals surface area contributed by atoms with Crippen molar-refractivity contribution in [3.63, 3.8) is 0 Å². The summed E-state index contributed by atoms with van der Waals surface area (Å²) < 4.78 is 5.47. The molecule has 3 nitrogen and oxygen atoms in total. The summed E-state index contributed by atoms with van der Waals surface area (Å²) in [5, 5.41) is 0. The number of carbonyl (C=O) groups is 1. The summed E-state index contributed by atoms with van der Waals surface area (Å²) in [6.07, 6.45) is 1.03. The highest BCUT2D eigenvalue weighted by Gasteiger charge is 2.10. The van der Waals surface area contributed by atoms with Crippen molar-refractivity contribution < 1.29 is 9.53 Å². The maximum absolute atomic E-state index is 12.0. The Balaban J connectivity index is 1.84. The smallest absolute Gasteiger partial charge is 0.260 e. The fourth-order valence-electron chi connectivity index (χ4n) is 2.01. The molecule has 0 N–H and O–H groups in total. The van der Waals surface area contributed by atoms with Crippen molar-refractivity contribution >= 4 is 5.91 Å². The van der Waals surface area contributed by atoms with E-state index in [4.69, 9.17) is 4.74 Å². The molecule has 0 unspecified atom stereocenters. The Hall–Kier alpha value is -2.29. The van der Waals surface area contributed by atoms with Gasteiger partial charge in [0.15, 0.2) is 6.61 Å². The van der Waals surface area contributed by atoms with Crippen LogP contribution in [0.2, 0.25) is 0 Å². The molecular weight excluding hydrogens is 262 g/mol. The highest BCUT2D eigenvalue weighted by molar-refractivity contribution is 5.77. The van der Waals surface area contributed by atoms with Crippen molar-refractivity contribution in [1.82, 2.24) is 4.90 Å². The van der Waals surface area contributed by atoms with E-state index in [1.54, 1.807) is 11.9 Å². The van der Waals surface area contributed by atoms with E-state index in [-0.39, 0.29) is 12.5 Å². The van der Waals surface area contributed by atoms with Gasteiger partial charge in [0.25, 0.3) is 5.91 Å². The van der Waals surface area contributed by atoms with Gasteiger partial charge >= 0.3 is 0 Å². The predicted octanol–water partition coefficient (Wildman–Crippen LogP) is 3.29. The van der Waals surface area contributed by atoms with Gasteiger partial charge in [-0.3, -0.25) is 4.79 Å². The Bertz CT molecular complexity index is 564. The molecule has 0 fully saturated rings. The molecule has 110 valence electrons. The molecule has 0 aliphatic carbocycles. The molecule has 0 aromatic heterocycles. The van der Waals surface area contributed by atoms with E-state index in [1.807, 2.05) is 30.3 Å². The lowest BCUT2D eigenvalue weighted by atomic mass is 10.1. The van der Waals surface area contributed by atoms with Gasteiger partial charge < -0.3 is 9.64 Å². The van der Waals surface area contributed by atoms with Crippen LogP contribution in [0.1, 0.15) is 18.1 Å². The Kier molecular flexibility index (Phi) is 5.38. The summed E-state index contributed by atoms with van der Waals surface area (Å²) in [5.74, 6) is 0.685. The normalized spacial score (nSPS) is 10.2. The average Bonchev–Trinajstić information content (AvgIpc) is 2.54. The number of ether oxygens (including phenoxy) is 1. The molecule has 3 heteroatoms. The lowest BCUT2D eigenvalue weighted by molar-refractivity contribution is -0.132. The molecule has 0 radical (unpaired) electrons. The fraction of sp³-hybridized carbons (Fsp3) is 0.278. The number of carbonyl (C=O) groups excluding carboxylic acids is 1. The minimum absolute atomic E-state index is 0.0292. The number of hydrogen-bond donors (Lipinski definition) is 0. The van der Waals surface area contributed by atoms with E-state index in [9.17, 15) is 4.79 Å². The summed E-state index contributed by atoms with van der Waals surface area (Å²) in [6, 6.07) is 17.7. The third-order valence-electron chi connectivity index (χ3n) is 3.38. The molecule has 0 saturated carbocycles. The third-order valence-corrected chi connectivity index (χ3v) is 3.38. The first-order valence-electron chi connectivity index (χ1n) is 7.18. The van der Waals surface area contributed by atoms with Gasteiger partial charge in [0, 0.05) is 13.6 Å². The van der Waals surface area contributed by atoms with Crippen molar-refractivity contribution in [1.29, 1.82) is 0 Å². The van der Waals surface area contributed by atoms with E-state index in [0.717, 1.165) is 12.0 Å². The van der Waals surface area contributed by atoms with Gasteiger partial charge in [-0.2, -0.15) is 0 Å². The molecule has 0 aliphatic rings. The van der Waals surface area contributed by atoms with Gasteiger partial charge in [0.1, 0.15) is 5.75 Å². The number of rotatable bonds is 6. The summed E-state index contributed by atoms with van der Waals surface area (Å²) >= 11 is 0. The Labute approximate surface area is 126 Å². The number of likely N-dealkylation sites (N-methyl/N-ethyl adjacent to an activating group) is 1. The number of benzene rings is 2. The summed E-state index contributed by atoms with van der Waals surface area (Å²) in [5.41, 5.74) is 2.43. The lowest BCUT2D eigenvalue weighted by Crippen LogP contribution is -2.30. The Morgan fingerprint density at radius 3 is 2.24 bits per heavy atom. The number of para-hydroxylation sites is 1. The van der Waals surface area contributed by atoms with Crippen LogP contribution in [0.3, 0.4) is 0 Å². The van der Waals surface area contributed by atoms with Crippen LogP contribution in [-0.4, -0.2) is 24.5 Å². The zero-order valence-corrected chi connectivity index (χ0v) is 12.6. The maximum Gasteiger partial charge on any atom is 0.260 e. The maximum atomic E-state index is 12.0. The van der Waals surface area contributed by atoms with Gasteiger partial charge in [0.05, 0.1) is 0 Å². The van der Waals surface area contributed by atoms with Crippen molar-refractivity contribution in [2.75, 3.05) is 13.7 Å². The SMILES string of the molecule is CCc1ccc(CN(C)C(=O)COc2ccccc2)cc1. The van der Waals surface area contributed by atoms with Gasteiger partial charge in [-0.05, 0) is 29.7 Å². The molecular formula is C18H21NO2. The van der Waals surface area contributed by atoms with Crippen LogP contribution >= 0.6 is 0 Å². The molecule has 2 aromatic carbocycles. The molecule has 21 heavy (non-hydrogen) atoms. The predicted molar refractivity (Wildman–Crippen MR) is 84.2 cm³/mol. The Morgan fingerprint density at radius 2 is 1.62 bits per heavy atom. The van der Waals surface area contributed by atoms with E-state index in [0.29, 0.717) is 12.3 Å². The highest BCUT2D eigenvalue weighted by Crippen LogP contribution is 2.10. The molecule has 0 saturated heterocycles. The molecule has 0 bridgehead atoms. The van der Waals surface area contributed by atoms with Crippen LogP contribution in [0.15, 0.2) is 54.6 Å². The van der Waals surface area contributed by atoms with Gasteiger partial charge in [-0.15, -0.1) is 0 Å². The monoisotopic (exact) mass is 283 g/mol.